The Labute approximate surface area is 76.4 Å². The quantitative estimate of drug-likeness (QED) is 0.473. The summed E-state index contributed by atoms with van der Waals surface area (Å²) in [5.41, 5.74) is 3.60. The third-order valence-electron chi connectivity index (χ3n) is 2.73. The fourth-order valence-electron chi connectivity index (χ4n) is 1.78. The summed E-state index contributed by atoms with van der Waals surface area (Å²) in [5.74, 6) is 0. The van der Waals surface area contributed by atoms with Crippen LogP contribution in [0.1, 0.15) is 47.0 Å². The van der Waals surface area contributed by atoms with E-state index in [-0.39, 0.29) is 0 Å². The summed E-state index contributed by atoms with van der Waals surface area (Å²) in [6.07, 6.45) is 8.26. The van der Waals surface area contributed by atoms with Crippen molar-refractivity contribution in [3.8, 4) is 0 Å². The molecule has 0 amide bonds. The van der Waals surface area contributed by atoms with Gasteiger partial charge in [0.2, 0.25) is 0 Å². The molecule has 68 valence electrons. The summed E-state index contributed by atoms with van der Waals surface area (Å²) in [7, 11) is 0. The highest BCUT2D eigenvalue weighted by atomic mass is 14.2. The van der Waals surface area contributed by atoms with Crippen LogP contribution in [0.25, 0.3) is 0 Å². The van der Waals surface area contributed by atoms with Crippen LogP contribution in [0.15, 0.2) is 23.3 Å². The molecular weight excluding hydrogens is 144 g/mol. The van der Waals surface area contributed by atoms with Gasteiger partial charge in [0, 0.05) is 0 Å². The molecule has 0 N–H and O–H groups in total. The second kappa shape index (κ2) is 3.47. The van der Waals surface area contributed by atoms with E-state index in [9.17, 15) is 0 Å². The van der Waals surface area contributed by atoms with Gasteiger partial charge in [-0.25, -0.2) is 0 Å². The van der Waals surface area contributed by atoms with Crippen molar-refractivity contribution >= 4 is 0 Å². The topological polar surface area (TPSA) is 0 Å². The molecule has 1 aliphatic rings. The Hall–Kier alpha value is -0.520. The molecule has 0 spiro atoms. The summed E-state index contributed by atoms with van der Waals surface area (Å²) in [5, 5.41) is 0. The fourth-order valence-corrected chi connectivity index (χ4v) is 1.78. The van der Waals surface area contributed by atoms with Crippen LogP contribution < -0.4 is 0 Å². The Bertz CT molecular complexity index is 216. The van der Waals surface area contributed by atoms with E-state index < -0.39 is 0 Å². The molecule has 0 saturated heterocycles. The number of rotatable bonds is 0. The molecule has 0 unspecified atom stereocenters. The smallest absolute Gasteiger partial charge is 0.0139 e. The summed E-state index contributed by atoms with van der Waals surface area (Å²) in [6.45, 7) is 9.22. The van der Waals surface area contributed by atoms with E-state index in [1.807, 2.05) is 0 Å². The molecule has 0 fully saturated rings. The van der Waals surface area contributed by atoms with Gasteiger partial charge in [0.15, 0.2) is 0 Å². The van der Waals surface area contributed by atoms with Crippen molar-refractivity contribution in [2.24, 2.45) is 5.41 Å². The van der Waals surface area contributed by atoms with E-state index in [1.165, 1.54) is 12.8 Å². The average Bonchev–Trinajstić information content (AvgIpc) is 1.95. The first-order valence-electron chi connectivity index (χ1n) is 4.81. The molecule has 1 rings (SSSR count). The van der Waals surface area contributed by atoms with Gasteiger partial charge >= 0.3 is 0 Å². The van der Waals surface area contributed by atoms with Crippen LogP contribution >= 0.6 is 0 Å². The van der Waals surface area contributed by atoms with Crippen LogP contribution in [-0.4, -0.2) is 0 Å². The Morgan fingerprint density at radius 3 is 2.42 bits per heavy atom. The normalized spacial score (nSPS) is 32.3. The van der Waals surface area contributed by atoms with Gasteiger partial charge in [0.05, 0.1) is 0 Å². The Kier molecular flexibility index (Phi) is 2.76. The van der Waals surface area contributed by atoms with Crippen LogP contribution in [0.4, 0.5) is 0 Å². The number of hydrogen-bond acceptors (Lipinski definition) is 0. The molecule has 0 nitrogen and oxygen atoms in total. The Morgan fingerprint density at radius 2 is 1.75 bits per heavy atom. The molecule has 0 aromatic carbocycles. The Morgan fingerprint density at radius 1 is 1.08 bits per heavy atom. The van der Waals surface area contributed by atoms with Crippen LogP contribution in [0.2, 0.25) is 0 Å². The van der Waals surface area contributed by atoms with Crippen molar-refractivity contribution in [2.75, 3.05) is 0 Å². The summed E-state index contributed by atoms with van der Waals surface area (Å²) in [6, 6.07) is 0. The highest BCUT2D eigenvalue weighted by molar-refractivity contribution is 5.16. The molecule has 0 radical (unpaired) electrons. The van der Waals surface area contributed by atoms with E-state index in [4.69, 9.17) is 0 Å². The average molecular weight is 164 g/mol. The van der Waals surface area contributed by atoms with Gasteiger partial charge < -0.3 is 0 Å². The van der Waals surface area contributed by atoms with Gasteiger partial charge in [0.25, 0.3) is 0 Å². The molecule has 0 heteroatoms. The standard InChI is InChI=1S/C12H20/c1-10-7-5-6-8-12(3,4)9-11(10)2/h5-6H,7-9H2,1-4H3/b6-5-,11-10-. The van der Waals surface area contributed by atoms with Crippen molar-refractivity contribution in [1.29, 1.82) is 0 Å². The first kappa shape index (κ1) is 9.57. The molecule has 0 aliphatic heterocycles. The predicted octanol–water partition coefficient (Wildman–Crippen LogP) is 4.09. The Balaban J connectivity index is 2.82. The van der Waals surface area contributed by atoms with Gasteiger partial charge in [0.1, 0.15) is 0 Å². The lowest BCUT2D eigenvalue weighted by Crippen LogP contribution is -2.12. The van der Waals surface area contributed by atoms with Crippen molar-refractivity contribution in [3.05, 3.63) is 23.3 Å². The van der Waals surface area contributed by atoms with Gasteiger partial charge in [-0.15, -0.1) is 0 Å². The second-order valence-corrected chi connectivity index (χ2v) is 4.78. The van der Waals surface area contributed by atoms with Crippen LogP contribution in [-0.2, 0) is 0 Å². The molecule has 1 aliphatic carbocycles. The second-order valence-electron chi connectivity index (χ2n) is 4.78. The van der Waals surface area contributed by atoms with E-state index in [0.29, 0.717) is 5.41 Å². The summed E-state index contributed by atoms with van der Waals surface area (Å²) < 4.78 is 0. The lowest BCUT2D eigenvalue weighted by Gasteiger charge is -2.25. The molecule has 0 aromatic heterocycles. The predicted molar refractivity (Wildman–Crippen MR) is 55.1 cm³/mol. The van der Waals surface area contributed by atoms with Gasteiger partial charge in [-0.2, -0.15) is 0 Å². The van der Waals surface area contributed by atoms with E-state index in [0.717, 1.165) is 6.42 Å². The molecule has 0 aromatic rings. The molecule has 0 bridgehead atoms. The van der Waals surface area contributed by atoms with Crippen LogP contribution in [0, 0.1) is 5.41 Å². The van der Waals surface area contributed by atoms with Crippen molar-refractivity contribution < 1.29 is 0 Å². The van der Waals surface area contributed by atoms with E-state index in [1.54, 1.807) is 11.1 Å². The number of allylic oxidation sites excluding steroid dienone is 4. The molecule has 12 heavy (non-hydrogen) atoms. The van der Waals surface area contributed by atoms with E-state index in [2.05, 4.69) is 39.8 Å². The van der Waals surface area contributed by atoms with Gasteiger partial charge in [-0.3, -0.25) is 0 Å². The third kappa shape index (κ3) is 2.51. The largest absolute Gasteiger partial charge is 0.0877 e. The molecule has 0 atom stereocenters. The third-order valence-corrected chi connectivity index (χ3v) is 2.73. The maximum absolute atomic E-state index is 2.35. The SMILES string of the molecule is C/C1=C(\C)CC(C)(C)C/C=C\C1. The maximum atomic E-state index is 2.35. The summed E-state index contributed by atoms with van der Waals surface area (Å²) in [4.78, 5) is 0. The van der Waals surface area contributed by atoms with Crippen molar-refractivity contribution in [3.63, 3.8) is 0 Å². The first-order chi connectivity index (χ1) is 5.51. The zero-order valence-corrected chi connectivity index (χ0v) is 8.78. The minimum atomic E-state index is 0.461. The van der Waals surface area contributed by atoms with Crippen molar-refractivity contribution in [2.45, 2.75) is 47.0 Å². The summed E-state index contributed by atoms with van der Waals surface area (Å²) >= 11 is 0. The van der Waals surface area contributed by atoms with Crippen molar-refractivity contribution in [1.82, 2.24) is 0 Å². The fraction of sp³-hybridized carbons (Fsp3) is 0.667. The van der Waals surface area contributed by atoms with E-state index >= 15 is 0 Å². The maximum Gasteiger partial charge on any atom is -0.0139 e. The molecular formula is C12H20. The van der Waals surface area contributed by atoms with Crippen LogP contribution in [0.3, 0.4) is 0 Å². The minimum Gasteiger partial charge on any atom is -0.0877 e. The first-order valence-corrected chi connectivity index (χ1v) is 4.81. The molecule has 0 saturated carbocycles. The molecule has 0 heterocycles. The zero-order valence-electron chi connectivity index (χ0n) is 8.78. The number of hydrogen-bond donors (Lipinski definition) is 0. The lowest BCUT2D eigenvalue weighted by molar-refractivity contribution is 0.364. The lowest BCUT2D eigenvalue weighted by atomic mass is 9.80. The van der Waals surface area contributed by atoms with Crippen LogP contribution in [0.5, 0.6) is 0 Å². The monoisotopic (exact) mass is 164 g/mol. The zero-order chi connectivity index (χ0) is 9.19. The minimum absolute atomic E-state index is 0.461. The van der Waals surface area contributed by atoms with Gasteiger partial charge in [-0.1, -0.05) is 37.1 Å². The highest BCUT2D eigenvalue weighted by Gasteiger charge is 2.18. The highest BCUT2D eigenvalue weighted by Crippen LogP contribution is 2.32. The van der Waals surface area contributed by atoms with Gasteiger partial charge in [-0.05, 0) is 38.5 Å².